The van der Waals surface area contributed by atoms with Crippen molar-refractivity contribution >= 4 is 12.0 Å². The minimum absolute atomic E-state index is 0.197. The fraction of sp³-hybridized carbons (Fsp3) is 0.562. The number of carbonyl (C=O) groups excluding carboxylic acids is 1. The van der Waals surface area contributed by atoms with Gasteiger partial charge >= 0.3 is 0 Å². The average molecular weight is 262 g/mol. The van der Waals surface area contributed by atoms with Crippen LogP contribution in [0.3, 0.4) is 0 Å². The summed E-state index contributed by atoms with van der Waals surface area (Å²) in [7, 11) is 0. The maximum absolute atomic E-state index is 11.1. The summed E-state index contributed by atoms with van der Waals surface area (Å²) in [5.74, 6) is 0.565. The van der Waals surface area contributed by atoms with Crippen LogP contribution in [0.4, 0.5) is 5.69 Å². The Morgan fingerprint density at radius 3 is 2.63 bits per heavy atom. The number of nitrogens with two attached hydrogens (primary N) is 1. The van der Waals surface area contributed by atoms with E-state index in [4.69, 9.17) is 5.73 Å². The number of rotatable bonds is 2. The third-order valence-corrected chi connectivity index (χ3v) is 3.73. The number of benzene rings is 1. The topological polar surface area (TPSA) is 46.3 Å². The van der Waals surface area contributed by atoms with Crippen LogP contribution < -0.4 is 10.6 Å². The van der Waals surface area contributed by atoms with Gasteiger partial charge in [0.25, 0.3) is 0 Å². The number of piperidine rings is 1. The predicted octanol–water partition coefficient (Wildman–Crippen LogP) is 3.01. The Hall–Kier alpha value is -1.35. The Morgan fingerprint density at radius 1 is 1.37 bits per heavy atom. The molecule has 2 N–H and O–H groups in total. The summed E-state index contributed by atoms with van der Waals surface area (Å²) in [6, 6.07) is 6.04. The molecule has 1 aliphatic rings. The number of nitrogens with zero attached hydrogens (tertiary/aromatic N) is 1. The zero-order valence-corrected chi connectivity index (χ0v) is 12.5. The third-order valence-electron chi connectivity index (χ3n) is 3.73. The Balaban J connectivity index is 0.000000861. The number of hydrogen-bond acceptors (Lipinski definition) is 3. The maximum atomic E-state index is 11.1. The number of hydrogen-bond donors (Lipinski definition) is 1. The Labute approximate surface area is 116 Å². The van der Waals surface area contributed by atoms with Crippen LogP contribution in [0.5, 0.6) is 0 Å². The molecule has 3 heteroatoms. The van der Waals surface area contributed by atoms with E-state index in [1.165, 1.54) is 0 Å². The van der Waals surface area contributed by atoms with E-state index in [1.807, 2.05) is 39.0 Å². The second-order valence-electron chi connectivity index (χ2n) is 5.01. The van der Waals surface area contributed by atoms with Gasteiger partial charge < -0.3 is 10.6 Å². The largest absolute Gasteiger partial charge is 0.369 e. The van der Waals surface area contributed by atoms with Crippen LogP contribution in [0.2, 0.25) is 0 Å². The van der Waals surface area contributed by atoms with E-state index >= 15 is 0 Å². The lowest BCUT2D eigenvalue weighted by Gasteiger charge is -2.37. The van der Waals surface area contributed by atoms with Crippen LogP contribution in [0.1, 0.15) is 43.1 Å². The molecule has 0 spiro atoms. The minimum Gasteiger partial charge on any atom is -0.369 e. The second-order valence-corrected chi connectivity index (χ2v) is 5.01. The van der Waals surface area contributed by atoms with Crippen molar-refractivity contribution in [1.29, 1.82) is 0 Å². The minimum atomic E-state index is 0.197. The van der Waals surface area contributed by atoms with Crippen molar-refractivity contribution < 1.29 is 4.79 Å². The van der Waals surface area contributed by atoms with Gasteiger partial charge in [0.1, 0.15) is 0 Å². The Morgan fingerprint density at radius 2 is 2.05 bits per heavy atom. The van der Waals surface area contributed by atoms with Crippen molar-refractivity contribution in [2.45, 2.75) is 40.2 Å². The first-order valence-corrected chi connectivity index (χ1v) is 7.18. The molecule has 2 unspecified atom stereocenters. The number of anilines is 1. The van der Waals surface area contributed by atoms with E-state index < -0.39 is 0 Å². The smallest absolute Gasteiger partial charge is 0.152 e. The Bertz CT molecular complexity index is 417. The molecule has 106 valence electrons. The first-order chi connectivity index (χ1) is 9.13. The van der Waals surface area contributed by atoms with Crippen LogP contribution >= 0.6 is 0 Å². The van der Waals surface area contributed by atoms with E-state index in [0.717, 1.165) is 42.6 Å². The molecule has 1 aromatic rings. The van der Waals surface area contributed by atoms with Crippen LogP contribution in [0.25, 0.3) is 0 Å². The first kappa shape index (κ1) is 15.7. The molecule has 0 saturated carbocycles. The molecule has 0 aliphatic carbocycles. The highest BCUT2D eigenvalue weighted by molar-refractivity contribution is 5.86. The summed E-state index contributed by atoms with van der Waals surface area (Å²) < 4.78 is 0. The molecular formula is C16H26N2O. The van der Waals surface area contributed by atoms with Crippen molar-refractivity contribution in [2.75, 3.05) is 18.0 Å². The van der Waals surface area contributed by atoms with E-state index in [9.17, 15) is 4.79 Å². The van der Waals surface area contributed by atoms with Gasteiger partial charge in [0.05, 0.1) is 5.69 Å². The highest BCUT2D eigenvalue weighted by atomic mass is 16.1. The standard InChI is InChI=1S/C14H20N2O.C2H6/c1-10-6-7-16(8-13(10)15)14-11(2)4-3-5-12(14)9-17;1-2/h3-5,9-10,13H,6-8,15H2,1-2H3;1-2H3. The normalized spacial score (nSPS) is 22.5. The second kappa shape index (κ2) is 7.29. The van der Waals surface area contributed by atoms with E-state index in [0.29, 0.717) is 5.92 Å². The fourth-order valence-electron chi connectivity index (χ4n) is 2.51. The van der Waals surface area contributed by atoms with Gasteiger partial charge in [-0.2, -0.15) is 0 Å². The molecule has 0 aromatic heterocycles. The zero-order valence-electron chi connectivity index (χ0n) is 12.5. The maximum Gasteiger partial charge on any atom is 0.152 e. The molecular weight excluding hydrogens is 236 g/mol. The van der Waals surface area contributed by atoms with Gasteiger partial charge in [-0.1, -0.05) is 32.9 Å². The molecule has 0 amide bonds. The lowest BCUT2D eigenvalue weighted by atomic mass is 9.93. The van der Waals surface area contributed by atoms with Crippen molar-refractivity contribution in [1.82, 2.24) is 0 Å². The molecule has 0 radical (unpaired) electrons. The molecule has 2 rings (SSSR count). The zero-order chi connectivity index (χ0) is 14.4. The summed E-state index contributed by atoms with van der Waals surface area (Å²) in [6.45, 7) is 10.1. The van der Waals surface area contributed by atoms with Crippen LogP contribution in [0.15, 0.2) is 18.2 Å². The molecule has 1 fully saturated rings. The molecule has 2 atom stereocenters. The van der Waals surface area contributed by atoms with E-state index in [2.05, 4.69) is 11.8 Å². The van der Waals surface area contributed by atoms with Gasteiger partial charge in [-0.25, -0.2) is 0 Å². The lowest BCUT2D eigenvalue weighted by Crippen LogP contribution is -2.48. The van der Waals surface area contributed by atoms with Gasteiger partial charge in [-0.05, 0) is 30.9 Å². The molecule has 3 nitrogen and oxygen atoms in total. The van der Waals surface area contributed by atoms with Crippen LogP contribution in [-0.4, -0.2) is 25.4 Å². The summed E-state index contributed by atoms with van der Waals surface area (Å²) in [4.78, 5) is 13.4. The van der Waals surface area contributed by atoms with Crippen LogP contribution in [-0.2, 0) is 0 Å². The summed E-state index contributed by atoms with van der Waals surface area (Å²) in [5, 5.41) is 0. The van der Waals surface area contributed by atoms with Gasteiger partial charge in [-0.3, -0.25) is 4.79 Å². The molecule has 1 aliphatic heterocycles. The number of para-hydroxylation sites is 1. The SMILES string of the molecule is CC.Cc1cccc(C=O)c1N1CCC(C)C(N)C1. The molecule has 1 aromatic carbocycles. The van der Waals surface area contributed by atoms with Crippen molar-refractivity contribution in [3.05, 3.63) is 29.3 Å². The molecule has 1 heterocycles. The van der Waals surface area contributed by atoms with Gasteiger partial charge in [0.15, 0.2) is 6.29 Å². The number of carbonyl (C=O) groups is 1. The summed E-state index contributed by atoms with van der Waals surface area (Å²) >= 11 is 0. The fourth-order valence-corrected chi connectivity index (χ4v) is 2.51. The van der Waals surface area contributed by atoms with Crippen molar-refractivity contribution in [3.8, 4) is 0 Å². The van der Waals surface area contributed by atoms with Gasteiger partial charge in [0.2, 0.25) is 0 Å². The molecule has 19 heavy (non-hydrogen) atoms. The van der Waals surface area contributed by atoms with Gasteiger partial charge in [-0.15, -0.1) is 0 Å². The van der Waals surface area contributed by atoms with Gasteiger partial charge in [0, 0.05) is 24.7 Å². The Kier molecular flexibility index (Phi) is 6.03. The monoisotopic (exact) mass is 262 g/mol. The number of aryl methyl sites for hydroxylation is 1. The number of aldehydes is 1. The first-order valence-electron chi connectivity index (χ1n) is 7.18. The van der Waals surface area contributed by atoms with E-state index in [1.54, 1.807) is 0 Å². The summed E-state index contributed by atoms with van der Waals surface area (Å²) in [6.07, 6.45) is 2.03. The molecule has 1 saturated heterocycles. The van der Waals surface area contributed by atoms with Crippen molar-refractivity contribution in [2.24, 2.45) is 11.7 Å². The van der Waals surface area contributed by atoms with E-state index in [-0.39, 0.29) is 6.04 Å². The third kappa shape index (κ3) is 3.57. The highest BCUT2D eigenvalue weighted by Crippen LogP contribution is 2.28. The van der Waals surface area contributed by atoms with Crippen LogP contribution in [0, 0.1) is 12.8 Å². The van der Waals surface area contributed by atoms with Crippen molar-refractivity contribution in [3.63, 3.8) is 0 Å². The summed E-state index contributed by atoms with van der Waals surface area (Å²) in [5.41, 5.74) is 9.10. The highest BCUT2D eigenvalue weighted by Gasteiger charge is 2.25. The average Bonchev–Trinajstić information content (AvgIpc) is 2.44. The molecule has 0 bridgehead atoms. The quantitative estimate of drug-likeness (QED) is 0.833. The lowest BCUT2D eigenvalue weighted by molar-refractivity contribution is 0.112. The predicted molar refractivity (Wildman–Crippen MR) is 81.9 cm³/mol.